The Morgan fingerprint density at radius 2 is 1.75 bits per heavy atom. The van der Waals surface area contributed by atoms with Gasteiger partial charge < -0.3 is 10.1 Å². The third kappa shape index (κ3) is 4.15. The molecule has 1 N–H and O–H groups in total. The first-order chi connectivity index (χ1) is 13.5. The van der Waals surface area contributed by atoms with E-state index in [9.17, 15) is 14.4 Å². The number of rotatable bonds is 5. The normalized spacial score (nSPS) is 10.4. The lowest BCUT2D eigenvalue weighted by molar-refractivity contribution is 0.0600. The summed E-state index contributed by atoms with van der Waals surface area (Å²) in [5.41, 5.74) is 1.96. The molecular formula is C21H19N3O4. The minimum Gasteiger partial charge on any atom is -0.465 e. The molecule has 0 saturated carbocycles. The largest absolute Gasteiger partial charge is 0.465 e. The van der Waals surface area contributed by atoms with Gasteiger partial charge in [0.05, 0.1) is 18.4 Å². The van der Waals surface area contributed by atoms with E-state index in [2.05, 4.69) is 15.2 Å². The average molecular weight is 377 g/mol. The van der Waals surface area contributed by atoms with E-state index in [1.807, 2.05) is 30.3 Å². The molecule has 3 rings (SSSR count). The molecule has 0 radical (unpaired) electrons. The summed E-state index contributed by atoms with van der Waals surface area (Å²) in [5, 5.41) is 6.92. The molecule has 7 nitrogen and oxygen atoms in total. The summed E-state index contributed by atoms with van der Waals surface area (Å²) in [7, 11) is 1.31. The Kier molecular flexibility index (Phi) is 5.64. The quantitative estimate of drug-likeness (QED) is 0.689. The zero-order valence-electron chi connectivity index (χ0n) is 15.5. The summed E-state index contributed by atoms with van der Waals surface area (Å²) >= 11 is 0. The first kappa shape index (κ1) is 19.0. The summed E-state index contributed by atoms with van der Waals surface area (Å²) in [4.78, 5) is 36.2. The van der Waals surface area contributed by atoms with Gasteiger partial charge in [-0.25, -0.2) is 9.48 Å². The molecule has 1 aromatic heterocycles. The minimum absolute atomic E-state index is 0.180. The Hall–Kier alpha value is -3.74. The molecule has 0 aliphatic rings. The SMILES string of the molecule is COC(=O)c1ccc(CNC(=O)c2nn(-c3ccccc3)c(C)cc2=O)cc1. The van der Waals surface area contributed by atoms with Gasteiger partial charge in [-0.3, -0.25) is 9.59 Å². The zero-order valence-corrected chi connectivity index (χ0v) is 15.5. The lowest BCUT2D eigenvalue weighted by Gasteiger charge is -2.11. The third-order valence-electron chi connectivity index (χ3n) is 4.15. The summed E-state index contributed by atoms with van der Waals surface area (Å²) in [6, 6.07) is 17.3. The number of nitrogens with one attached hydrogen (secondary N) is 1. The van der Waals surface area contributed by atoms with Crippen LogP contribution in [0.25, 0.3) is 5.69 Å². The number of methoxy groups -OCH3 is 1. The molecule has 0 atom stereocenters. The number of hydrogen-bond donors (Lipinski definition) is 1. The maximum Gasteiger partial charge on any atom is 0.337 e. The summed E-state index contributed by atoms with van der Waals surface area (Å²) in [5.74, 6) is -0.993. The second kappa shape index (κ2) is 8.30. The van der Waals surface area contributed by atoms with Crippen LogP contribution in [-0.4, -0.2) is 28.8 Å². The van der Waals surface area contributed by atoms with Crippen molar-refractivity contribution in [3.05, 3.63) is 93.4 Å². The van der Waals surface area contributed by atoms with Gasteiger partial charge in [0.1, 0.15) is 0 Å². The molecule has 7 heteroatoms. The van der Waals surface area contributed by atoms with Gasteiger partial charge in [-0.15, -0.1) is 0 Å². The molecule has 1 amide bonds. The van der Waals surface area contributed by atoms with Crippen LogP contribution >= 0.6 is 0 Å². The van der Waals surface area contributed by atoms with Gasteiger partial charge in [0, 0.05) is 18.3 Å². The van der Waals surface area contributed by atoms with Crippen LogP contribution in [0.2, 0.25) is 0 Å². The molecule has 142 valence electrons. The van der Waals surface area contributed by atoms with Crippen molar-refractivity contribution in [1.29, 1.82) is 0 Å². The van der Waals surface area contributed by atoms with E-state index in [1.54, 1.807) is 35.9 Å². The number of benzene rings is 2. The molecule has 2 aromatic carbocycles. The van der Waals surface area contributed by atoms with Crippen LogP contribution < -0.4 is 10.7 Å². The molecule has 1 heterocycles. The van der Waals surface area contributed by atoms with Crippen molar-refractivity contribution in [2.45, 2.75) is 13.5 Å². The first-order valence-electron chi connectivity index (χ1n) is 8.61. The minimum atomic E-state index is -0.563. The molecule has 0 aliphatic heterocycles. The molecule has 3 aromatic rings. The van der Waals surface area contributed by atoms with E-state index in [0.717, 1.165) is 11.3 Å². The number of aryl methyl sites for hydroxylation is 1. The Balaban J connectivity index is 1.77. The molecule has 28 heavy (non-hydrogen) atoms. The fraction of sp³-hybridized carbons (Fsp3) is 0.143. The maximum atomic E-state index is 12.5. The average Bonchev–Trinajstić information content (AvgIpc) is 2.72. The highest BCUT2D eigenvalue weighted by Gasteiger charge is 2.15. The van der Waals surface area contributed by atoms with Crippen molar-refractivity contribution >= 4 is 11.9 Å². The van der Waals surface area contributed by atoms with Gasteiger partial charge in [0.15, 0.2) is 5.69 Å². The van der Waals surface area contributed by atoms with Crippen molar-refractivity contribution in [3.63, 3.8) is 0 Å². The number of amides is 1. The number of aromatic nitrogens is 2. The zero-order chi connectivity index (χ0) is 20.1. The van der Waals surface area contributed by atoms with Crippen LogP contribution in [0.1, 0.15) is 32.1 Å². The second-order valence-corrected chi connectivity index (χ2v) is 6.12. The maximum absolute atomic E-state index is 12.5. The number of nitrogens with zero attached hydrogens (tertiary/aromatic N) is 2. The van der Waals surface area contributed by atoms with E-state index >= 15 is 0 Å². The Morgan fingerprint density at radius 1 is 1.07 bits per heavy atom. The van der Waals surface area contributed by atoms with Gasteiger partial charge >= 0.3 is 5.97 Å². The van der Waals surface area contributed by atoms with Crippen LogP contribution in [-0.2, 0) is 11.3 Å². The van der Waals surface area contributed by atoms with Crippen molar-refractivity contribution in [3.8, 4) is 5.69 Å². The topological polar surface area (TPSA) is 90.3 Å². The number of hydrogen-bond acceptors (Lipinski definition) is 5. The Labute approximate surface area is 161 Å². The molecule has 0 bridgehead atoms. The fourth-order valence-corrected chi connectivity index (χ4v) is 2.68. The molecule has 0 unspecified atom stereocenters. The summed E-state index contributed by atoms with van der Waals surface area (Å²) in [6.07, 6.45) is 0. The van der Waals surface area contributed by atoms with Crippen molar-refractivity contribution in [2.75, 3.05) is 7.11 Å². The number of carbonyl (C=O) groups is 2. The smallest absolute Gasteiger partial charge is 0.337 e. The number of ether oxygens (including phenoxy) is 1. The number of carbonyl (C=O) groups excluding carboxylic acids is 2. The highest BCUT2D eigenvalue weighted by Crippen LogP contribution is 2.08. The molecule has 0 fully saturated rings. The fourth-order valence-electron chi connectivity index (χ4n) is 2.68. The van der Waals surface area contributed by atoms with Crippen LogP contribution in [0.3, 0.4) is 0 Å². The van der Waals surface area contributed by atoms with Crippen molar-refractivity contribution < 1.29 is 14.3 Å². The highest BCUT2D eigenvalue weighted by molar-refractivity contribution is 5.92. The van der Waals surface area contributed by atoms with E-state index in [0.29, 0.717) is 11.3 Å². The van der Waals surface area contributed by atoms with Gasteiger partial charge in [-0.05, 0) is 36.8 Å². The number of para-hydroxylation sites is 1. The number of esters is 1. The third-order valence-corrected chi connectivity index (χ3v) is 4.15. The van der Waals surface area contributed by atoms with Gasteiger partial charge in [0.25, 0.3) is 5.91 Å². The molecule has 0 saturated heterocycles. The van der Waals surface area contributed by atoms with Gasteiger partial charge in [-0.1, -0.05) is 30.3 Å². The lowest BCUT2D eigenvalue weighted by Crippen LogP contribution is -2.31. The standard InChI is InChI=1S/C21H19N3O4/c1-14-12-18(25)19(23-24(14)17-6-4-3-5-7-17)20(26)22-13-15-8-10-16(11-9-15)21(27)28-2/h3-12H,13H2,1-2H3,(H,22,26). The van der Waals surface area contributed by atoms with Crippen LogP contribution in [0.15, 0.2) is 65.5 Å². The Bertz CT molecular complexity index is 1060. The lowest BCUT2D eigenvalue weighted by atomic mass is 10.1. The van der Waals surface area contributed by atoms with Crippen LogP contribution in [0, 0.1) is 6.92 Å². The highest BCUT2D eigenvalue weighted by atomic mass is 16.5. The van der Waals surface area contributed by atoms with E-state index in [4.69, 9.17) is 0 Å². The van der Waals surface area contributed by atoms with Crippen LogP contribution in [0.5, 0.6) is 0 Å². The van der Waals surface area contributed by atoms with Crippen molar-refractivity contribution in [1.82, 2.24) is 15.1 Å². The van der Waals surface area contributed by atoms with Crippen LogP contribution in [0.4, 0.5) is 0 Å². The predicted octanol–water partition coefficient (Wildman–Crippen LogP) is 2.26. The monoisotopic (exact) mass is 377 g/mol. The first-order valence-corrected chi connectivity index (χ1v) is 8.61. The van der Waals surface area contributed by atoms with E-state index in [1.165, 1.54) is 13.2 Å². The van der Waals surface area contributed by atoms with Gasteiger partial charge in [-0.2, -0.15) is 5.10 Å². The molecule has 0 spiro atoms. The molecular weight excluding hydrogens is 358 g/mol. The predicted molar refractivity (Wildman–Crippen MR) is 104 cm³/mol. The van der Waals surface area contributed by atoms with E-state index in [-0.39, 0.29) is 12.2 Å². The second-order valence-electron chi connectivity index (χ2n) is 6.12. The van der Waals surface area contributed by atoms with Crippen molar-refractivity contribution in [2.24, 2.45) is 0 Å². The van der Waals surface area contributed by atoms with Gasteiger partial charge in [0.2, 0.25) is 5.43 Å². The Morgan fingerprint density at radius 3 is 2.39 bits per heavy atom. The van der Waals surface area contributed by atoms with E-state index < -0.39 is 17.3 Å². The molecule has 0 aliphatic carbocycles. The summed E-state index contributed by atoms with van der Waals surface area (Å²) in [6.45, 7) is 1.95. The summed E-state index contributed by atoms with van der Waals surface area (Å²) < 4.78 is 6.21.